The van der Waals surface area contributed by atoms with E-state index in [-0.39, 0.29) is 11.8 Å². The molecule has 49 heavy (non-hydrogen) atoms. The lowest BCUT2D eigenvalue weighted by Gasteiger charge is -2.10. The Morgan fingerprint density at radius 2 is 0.837 bits per heavy atom. The fourth-order valence-electron chi connectivity index (χ4n) is 5.33. The standard InChI is InChI=1S/C42H37BN2O4/c1-3-29-4-8-33(9-5-29)41(46)44-35-16-24-39(25-17-35)48-37-20-12-31(13-21-37)32-14-22-38(23-15-32)49-40-26-18-36(19-27-40)45-42(47)34-10-6-30(7-11-34)28-43-2/h4-27,43H,3,28H2,1-2H3,(H,44,46)(H,45,47). The van der Waals surface area contributed by atoms with Gasteiger partial charge in [-0.3, -0.25) is 9.59 Å². The number of rotatable bonds is 12. The van der Waals surface area contributed by atoms with Gasteiger partial charge in [-0.1, -0.05) is 74.2 Å². The second-order valence-corrected chi connectivity index (χ2v) is 11.7. The Labute approximate surface area is 288 Å². The van der Waals surface area contributed by atoms with E-state index in [0.717, 1.165) is 31.1 Å². The molecule has 0 spiro atoms. The average molecular weight is 645 g/mol. The van der Waals surface area contributed by atoms with E-state index in [0.29, 0.717) is 45.5 Å². The first-order valence-electron chi connectivity index (χ1n) is 16.5. The molecule has 0 saturated heterocycles. The van der Waals surface area contributed by atoms with E-state index < -0.39 is 0 Å². The van der Waals surface area contributed by atoms with Gasteiger partial charge in [-0.05, 0) is 120 Å². The Morgan fingerprint density at radius 1 is 0.490 bits per heavy atom. The second kappa shape index (κ2) is 15.7. The van der Waals surface area contributed by atoms with Crippen molar-refractivity contribution in [1.29, 1.82) is 0 Å². The zero-order valence-electron chi connectivity index (χ0n) is 27.6. The topological polar surface area (TPSA) is 76.7 Å². The van der Waals surface area contributed by atoms with E-state index in [4.69, 9.17) is 9.47 Å². The Hall–Kier alpha value is -6.08. The van der Waals surface area contributed by atoms with E-state index >= 15 is 0 Å². The summed E-state index contributed by atoms with van der Waals surface area (Å²) in [6.45, 7) is 4.23. The highest BCUT2D eigenvalue weighted by Gasteiger charge is 2.09. The van der Waals surface area contributed by atoms with Gasteiger partial charge in [0.25, 0.3) is 11.8 Å². The number of benzene rings is 6. The molecule has 0 unspecified atom stereocenters. The van der Waals surface area contributed by atoms with Crippen molar-refractivity contribution in [2.75, 3.05) is 10.6 Å². The molecule has 0 bridgehead atoms. The van der Waals surface area contributed by atoms with E-state index in [2.05, 4.69) is 24.4 Å². The molecule has 0 aliphatic rings. The van der Waals surface area contributed by atoms with Gasteiger partial charge in [-0.25, -0.2) is 0 Å². The van der Waals surface area contributed by atoms with Gasteiger partial charge in [-0.15, -0.1) is 0 Å². The molecule has 0 radical (unpaired) electrons. The quantitative estimate of drug-likeness (QED) is 0.130. The molecule has 6 nitrogen and oxygen atoms in total. The maximum Gasteiger partial charge on any atom is 0.255 e. The van der Waals surface area contributed by atoms with Crippen LogP contribution in [0.4, 0.5) is 11.4 Å². The van der Waals surface area contributed by atoms with Crippen molar-refractivity contribution in [3.05, 3.63) is 168 Å². The van der Waals surface area contributed by atoms with Crippen LogP contribution in [0, 0.1) is 0 Å². The smallest absolute Gasteiger partial charge is 0.255 e. The first kappa shape index (κ1) is 32.8. The third kappa shape index (κ3) is 8.84. The van der Waals surface area contributed by atoms with Gasteiger partial charge in [0.05, 0.1) is 0 Å². The maximum absolute atomic E-state index is 12.6. The Bertz CT molecular complexity index is 1990. The number of anilines is 2. The summed E-state index contributed by atoms with van der Waals surface area (Å²) in [5.74, 6) is 2.48. The van der Waals surface area contributed by atoms with Crippen molar-refractivity contribution in [1.82, 2.24) is 0 Å². The highest BCUT2D eigenvalue weighted by atomic mass is 16.5. The summed E-state index contributed by atoms with van der Waals surface area (Å²) in [6.07, 6.45) is 1.94. The summed E-state index contributed by atoms with van der Waals surface area (Å²) in [5.41, 5.74) is 7.17. The van der Waals surface area contributed by atoms with Gasteiger partial charge in [0.1, 0.15) is 30.3 Å². The molecule has 0 saturated carbocycles. The first-order chi connectivity index (χ1) is 23.9. The molecule has 0 aliphatic heterocycles. The summed E-state index contributed by atoms with van der Waals surface area (Å²) >= 11 is 0. The number of hydrogen-bond donors (Lipinski definition) is 2. The van der Waals surface area contributed by atoms with Crippen LogP contribution >= 0.6 is 0 Å². The van der Waals surface area contributed by atoms with Gasteiger partial charge < -0.3 is 20.1 Å². The van der Waals surface area contributed by atoms with E-state index in [1.807, 2.05) is 146 Å². The minimum Gasteiger partial charge on any atom is -0.457 e. The number of amides is 2. The predicted octanol–water partition coefficient (Wildman–Crippen LogP) is 9.99. The van der Waals surface area contributed by atoms with Gasteiger partial charge in [0.15, 0.2) is 0 Å². The molecular weight excluding hydrogens is 607 g/mol. The number of ether oxygens (including phenoxy) is 2. The lowest BCUT2D eigenvalue weighted by molar-refractivity contribution is 0.101. The molecule has 0 aromatic heterocycles. The number of nitrogens with one attached hydrogen (secondary N) is 2. The molecule has 0 aliphatic carbocycles. The van der Waals surface area contributed by atoms with E-state index in [1.165, 1.54) is 11.1 Å². The van der Waals surface area contributed by atoms with Crippen LogP contribution in [0.5, 0.6) is 23.0 Å². The monoisotopic (exact) mass is 644 g/mol. The van der Waals surface area contributed by atoms with Crippen LogP contribution in [0.1, 0.15) is 38.8 Å². The van der Waals surface area contributed by atoms with Gasteiger partial charge >= 0.3 is 0 Å². The van der Waals surface area contributed by atoms with E-state index in [9.17, 15) is 9.59 Å². The molecule has 0 atom stereocenters. The lowest BCUT2D eigenvalue weighted by Crippen LogP contribution is -2.11. The second-order valence-electron chi connectivity index (χ2n) is 11.7. The van der Waals surface area contributed by atoms with Gasteiger partial charge in [-0.2, -0.15) is 0 Å². The minimum atomic E-state index is -0.146. The van der Waals surface area contributed by atoms with Gasteiger partial charge in [0, 0.05) is 22.5 Å². The molecular formula is C42H37BN2O4. The molecule has 6 rings (SSSR count). The number of carbonyl (C=O) groups excluding carboxylic acids is 2. The Kier molecular flexibility index (Phi) is 10.5. The molecule has 6 aromatic rings. The van der Waals surface area contributed by atoms with Crippen molar-refractivity contribution in [2.24, 2.45) is 0 Å². The molecule has 2 amide bonds. The zero-order valence-corrected chi connectivity index (χ0v) is 27.6. The zero-order chi connectivity index (χ0) is 34.0. The molecule has 2 N–H and O–H groups in total. The van der Waals surface area contributed by atoms with Crippen LogP contribution in [0.25, 0.3) is 11.1 Å². The fraction of sp³-hybridized carbons (Fsp3) is 0.0952. The van der Waals surface area contributed by atoms with Crippen LogP contribution < -0.4 is 20.1 Å². The summed E-state index contributed by atoms with van der Waals surface area (Å²) in [5, 5.41) is 5.87. The van der Waals surface area contributed by atoms with Crippen molar-refractivity contribution < 1.29 is 19.1 Å². The third-order valence-corrected chi connectivity index (χ3v) is 8.12. The van der Waals surface area contributed by atoms with Crippen LogP contribution in [-0.2, 0) is 12.7 Å². The van der Waals surface area contributed by atoms with Crippen molar-refractivity contribution >= 4 is 30.5 Å². The summed E-state index contributed by atoms with van der Waals surface area (Å²) < 4.78 is 12.1. The average Bonchev–Trinajstić information content (AvgIpc) is 3.14. The molecule has 0 heterocycles. The molecule has 7 heteroatoms. The Balaban J connectivity index is 0.989. The van der Waals surface area contributed by atoms with Crippen LogP contribution in [-0.4, -0.2) is 19.1 Å². The van der Waals surface area contributed by atoms with Crippen LogP contribution in [0.2, 0.25) is 6.82 Å². The summed E-state index contributed by atoms with van der Waals surface area (Å²) in [7, 11) is 1.08. The van der Waals surface area contributed by atoms with Crippen molar-refractivity contribution in [3.8, 4) is 34.1 Å². The highest BCUT2D eigenvalue weighted by Crippen LogP contribution is 2.30. The third-order valence-electron chi connectivity index (χ3n) is 8.12. The SMILES string of the molecule is CBCc1ccc(C(=O)Nc2ccc(Oc3ccc(-c4ccc(Oc5ccc(NC(=O)c6ccc(CC)cc6)cc5)cc4)cc3)cc2)cc1. The number of hydrogen-bond acceptors (Lipinski definition) is 4. The van der Waals surface area contributed by atoms with Crippen molar-refractivity contribution in [3.63, 3.8) is 0 Å². The lowest BCUT2D eigenvalue weighted by atomic mass is 9.75. The molecule has 6 aromatic carbocycles. The first-order valence-corrected chi connectivity index (χ1v) is 16.5. The van der Waals surface area contributed by atoms with Crippen molar-refractivity contribution in [2.45, 2.75) is 26.5 Å². The summed E-state index contributed by atoms with van der Waals surface area (Å²) in [4.78, 5) is 25.2. The predicted molar refractivity (Wildman–Crippen MR) is 200 cm³/mol. The number of carbonyl (C=O) groups is 2. The number of aryl methyl sites for hydroxylation is 1. The fourth-order valence-corrected chi connectivity index (χ4v) is 5.33. The van der Waals surface area contributed by atoms with Crippen LogP contribution in [0.3, 0.4) is 0 Å². The largest absolute Gasteiger partial charge is 0.457 e. The normalized spacial score (nSPS) is 10.6. The minimum absolute atomic E-state index is 0.141. The van der Waals surface area contributed by atoms with E-state index in [1.54, 1.807) is 0 Å². The summed E-state index contributed by atoms with van der Waals surface area (Å²) in [6, 6.07) is 45.8. The van der Waals surface area contributed by atoms with Gasteiger partial charge in [0.2, 0.25) is 0 Å². The maximum atomic E-state index is 12.6. The highest BCUT2D eigenvalue weighted by molar-refractivity contribution is 6.32. The molecule has 0 fully saturated rings. The molecule has 242 valence electrons. The van der Waals surface area contributed by atoms with Crippen LogP contribution in [0.15, 0.2) is 146 Å². The Morgan fingerprint density at radius 3 is 1.18 bits per heavy atom.